The van der Waals surface area contributed by atoms with Gasteiger partial charge in [0.1, 0.15) is 6.10 Å². The highest BCUT2D eigenvalue weighted by atomic mass is 32.1. The lowest BCUT2D eigenvalue weighted by atomic mass is 9.72. The molecule has 1 aromatic heterocycles. The molecule has 196 valence electrons. The second kappa shape index (κ2) is 10.8. The third-order valence-electron chi connectivity index (χ3n) is 7.78. The highest BCUT2D eigenvalue weighted by Gasteiger charge is 2.52. The lowest BCUT2D eigenvalue weighted by molar-refractivity contribution is -0.155. The van der Waals surface area contributed by atoms with Gasteiger partial charge in [0, 0.05) is 29.1 Å². The molecule has 8 heteroatoms. The van der Waals surface area contributed by atoms with E-state index >= 15 is 0 Å². The molecule has 0 aromatic carbocycles. The van der Waals surface area contributed by atoms with E-state index in [9.17, 15) is 20.1 Å². The van der Waals surface area contributed by atoms with E-state index in [1.807, 2.05) is 51.3 Å². The predicted molar refractivity (Wildman–Crippen MR) is 137 cm³/mol. The van der Waals surface area contributed by atoms with E-state index in [4.69, 9.17) is 9.47 Å². The largest absolute Gasteiger partial charge is 0.458 e. The van der Waals surface area contributed by atoms with Gasteiger partial charge in [-0.15, -0.1) is 11.3 Å². The average Bonchev–Trinajstić information content (AvgIpc) is 3.22. The Kier molecular flexibility index (Phi) is 8.65. The summed E-state index contributed by atoms with van der Waals surface area (Å²) in [6, 6.07) is 0. The van der Waals surface area contributed by atoms with E-state index in [1.165, 1.54) is 0 Å². The quantitative estimate of drug-likeness (QED) is 0.315. The van der Waals surface area contributed by atoms with Gasteiger partial charge in [-0.3, -0.25) is 4.79 Å². The van der Waals surface area contributed by atoms with Crippen LogP contribution in [0.4, 0.5) is 0 Å². The molecule has 3 heterocycles. The number of esters is 1. The zero-order valence-electron chi connectivity index (χ0n) is 21.9. The molecule has 2 aliphatic heterocycles. The number of nitrogens with zero attached hydrogens (tertiary/aromatic N) is 1. The first-order valence-electron chi connectivity index (χ1n) is 12.4. The number of aliphatic hydroxyl groups excluding tert-OH is 3. The maximum absolute atomic E-state index is 12.9. The number of carbonyl (C=O) groups is 1. The standard InChI is InChI=1S/C27H41NO6S/c1-15-9-8-10-27(7)22(34-27)12-20(16(2)11-19-14-35-18(4)28-19)33-23(30)13-21(29)26(5,6)25(32)17(3)24(15)31/h8-9,11,14-15,17,20-22,24-25,29,31-32H,10,12-13H2,1-7H3/b9-8+,16-11+/t15?,17?,20?,21-,22+,24?,25?,27-/m0/s1. The first-order valence-corrected chi connectivity index (χ1v) is 13.3. The van der Waals surface area contributed by atoms with Gasteiger partial charge in [0.2, 0.25) is 0 Å². The fourth-order valence-electron chi connectivity index (χ4n) is 4.86. The molecule has 3 N–H and O–H groups in total. The highest BCUT2D eigenvalue weighted by Crippen LogP contribution is 2.44. The van der Waals surface area contributed by atoms with Gasteiger partial charge in [-0.05, 0) is 38.8 Å². The number of aliphatic hydroxyl groups is 3. The topological polar surface area (TPSA) is 112 Å². The van der Waals surface area contributed by atoms with Crippen molar-refractivity contribution >= 4 is 23.4 Å². The second-order valence-corrected chi connectivity index (χ2v) is 12.2. The number of hydrogen-bond donors (Lipinski definition) is 3. The molecule has 1 fully saturated rings. The zero-order chi connectivity index (χ0) is 26.1. The lowest BCUT2D eigenvalue weighted by Gasteiger charge is -2.40. The average molecular weight is 508 g/mol. The molecule has 5 unspecified atom stereocenters. The number of ether oxygens (including phenoxy) is 2. The molecule has 0 amide bonds. The van der Waals surface area contributed by atoms with Crippen molar-refractivity contribution in [3.63, 3.8) is 0 Å². The molecule has 0 radical (unpaired) electrons. The Hall–Kier alpha value is -1.58. The Morgan fingerprint density at radius 3 is 2.54 bits per heavy atom. The van der Waals surface area contributed by atoms with Crippen LogP contribution in [0.25, 0.3) is 6.08 Å². The van der Waals surface area contributed by atoms with Gasteiger partial charge in [-0.25, -0.2) is 4.98 Å². The summed E-state index contributed by atoms with van der Waals surface area (Å²) in [6.45, 7) is 13.0. The number of epoxide rings is 1. The maximum atomic E-state index is 12.9. The molecule has 0 saturated carbocycles. The molecule has 7 nitrogen and oxygen atoms in total. The van der Waals surface area contributed by atoms with Crippen LogP contribution in [-0.2, 0) is 14.3 Å². The zero-order valence-corrected chi connectivity index (χ0v) is 22.7. The Balaban J connectivity index is 1.88. The van der Waals surface area contributed by atoms with Gasteiger partial charge < -0.3 is 24.8 Å². The Labute approximate surface area is 212 Å². The number of thiazole rings is 1. The number of aryl methyl sites for hydroxylation is 1. The van der Waals surface area contributed by atoms with Crippen molar-refractivity contribution in [3.8, 4) is 0 Å². The molecule has 1 saturated heterocycles. The minimum absolute atomic E-state index is 0.0827. The molecular formula is C27H41NO6S. The molecule has 1 aromatic rings. The van der Waals surface area contributed by atoms with Crippen molar-refractivity contribution in [1.29, 1.82) is 0 Å². The lowest BCUT2D eigenvalue weighted by Crippen LogP contribution is -2.48. The Morgan fingerprint density at radius 2 is 1.91 bits per heavy atom. The van der Waals surface area contributed by atoms with E-state index in [0.29, 0.717) is 12.8 Å². The summed E-state index contributed by atoms with van der Waals surface area (Å²) < 4.78 is 11.9. The molecule has 8 atom stereocenters. The third kappa shape index (κ3) is 6.60. The second-order valence-electron chi connectivity index (χ2n) is 11.1. The predicted octanol–water partition coefficient (Wildman–Crippen LogP) is 4.05. The van der Waals surface area contributed by atoms with Crippen LogP contribution in [0.5, 0.6) is 0 Å². The third-order valence-corrected chi connectivity index (χ3v) is 8.57. The van der Waals surface area contributed by atoms with Crippen molar-refractivity contribution < 1.29 is 29.6 Å². The monoisotopic (exact) mass is 507 g/mol. The molecule has 0 spiro atoms. The Morgan fingerprint density at radius 1 is 1.23 bits per heavy atom. The smallest absolute Gasteiger partial charge is 0.309 e. The van der Waals surface area contributed by atoms with Crippen molar-refractivity contribution in [2.24, 2.45) is 17.3 Å². The van der Waals surface area contributed by atoms with E-state index in [0.717, 1.165) is 16.3 Å². The van der Waals surface area contributed by atoms with Crippen molar-refractivity contribution in [2.45, 2.75) is 104 Å². The number of carbonyl (C=O) groups excluding carboxylic acids is 1. The molecule has 0 bridgehead atoms. The summed E-state index contributed by atoms with van der Waals surface area (Å²) in [5.74, 6) is -1.24. The van der Waals surface area contributed by atoms with Crippen molar-refractivity contribution in [3.05, 3.63) is 33.8 Å². The van der Waals surface area contributed by atoms with Crippen molar-refractivity contribution in [2.75, 3.05) is 0 Å². The van der Waals surface area contributed by atoms with E-state index < -0.39 is 41.7 Å². The Bertz CT molecular complexity index is 955. The van der Waals surface area contributed by atoms with Crippen LogP contribution in [0.15, 0.2) is 23.1 Å². The van der Waals surface area contributed by atoms with Gasteiger partial charge in [0.15, 0.2) is 0 Å². The summed E-state index contributed by atoms with van der Waals surface area (Å²) in [4.78, 5) is 17.4. The molecule has 2 aliphatic rings. The normalized spacial score (nSPS) is 40.0. The SMILES string of the molecule is C/C(=C\c1csc(C)n1)C1C[C@H]2O[C@@]2(C)C/C=C/C(C)C(O)C(C)C(O)C(C)(C)[C@@H](O)CC(=O)O1. The number of cyclic esters (lactones) is 1. The fraction of sp³-hybridized carbons (Fsp3) is 0.704. The molecular weight excluding hydrogens is 466 g/mol. The summed E-state index contributed by atoms with van der Waals surface area (Å²) >= 11 is 1.56. The minimum Gasteiger partial charge on any atom is -0.458 e. The molecule has 3 rings (SSSR count). The van der Waals surface area contributed by atoms with Gasteiger partial charge in [0.25, 0.3) is 0 Å². The van der Waals surface area contributed by atoms with E-state index in [-0.39, 0.29) is 24.0 Å². The first-order chi connectivity index (χ1) is 16.2. The van der Waals surface area contributed by atoms with Crippen LogP contribution >= 0.6 is 11.3 Å². The molecule has 35 heavy (non-hydrogen) atoms. The van der Waals surface area contributed by atoms with E-state index in [1.54, 1.807) is 32.1 Å². The van der Waals surface area contributed by atoms with Crippen LogP contribution in [0.2, 0.25) is 0 Å². The van der Waals surface area contributed by atoms with Gasteiger partial charge in [-0.1, -0.05) is 39.8 Å². The number of aromatic nitrogens is 1. The summed E-state index contributed by atoms with van der Waals surface area (Å²) in [5, 5.41) is 35.7. The summed E-state index contributed by atoms with van der Waals surface area (Å²) in [6.07, 6.45) is 3.23. The highest BCUT2D eigenvalue weighted by molar-refractivity contribution is 7.09. The summed E-state index contributed by atoms with van der Waals surface area (Å²) in [7, 11) is 0. The number of hydrogen-bond acceptors (Lipinski definition) is 8. The van der Waals surface area contributed by atoms with Crippen molar-refractivity contribution in [1.82, 2.24) is 4.98 Å². The summed E-state index contributed by atoms with van der Waals surface area (Å²) in [5.41, 5.74) is 0.280. The van der Waals surface area contributed by atoms with Crippen LogP contribution in [0, 0.1) is 24.2 Å². The number of fused-ring (bicyclic) bond motifs is 1. The van der Waals surface area contributed by atoms with Crippen LogP contribution in [-0.4, -0.2) is 62.4 Å². The van der Waals surface area contributed by atoms with Gasteiger partial charge >= 0.3 is 5.97 Å². The number of rotatable bonds is 2. The van der Waals surface area contributed by atoms with Crippen LogP contribution < -0.4 is 0 Å². The van der Waals surface area contributed by atoms with E-state index in [2.05, 4.69) is 4.98 Å². The van der Waals surface area contributed by atoms with Gasteiger partial charge in [0.05, 0.1) is 47.1 Å². The fourth-order valence-corrected chi connectivity index (χ4v) is 5.43. The molecule has 0 aliphatic carbocycles. The van der Waals surface area contributed by atoms with Gasteiger partial charge in [-0.2, -0.15) is 0 Å². The van der Waals surface area contributed by atoms with Crippen LogP contribution in [0.3, 0.4) is 0 Å². The minimum atomic E-state index is -1.15. The maximum Gasteiger partial charge on any atom is 0.309 e. The first kappa shape index (κ1) is 28.0. The van der Waals surface area contributed by atoms with Crippen LogP contribution in [0.1, 0.15) is 71.5 Å².